The number of terminal acetylenes is 1. The van der Waals surface area contributed by atoms with Gasteiger partial charge in [0.05, 0.1) is 13.7 Å². The van der Waals surface area contributed by atoms with Gasteiger partial charge in [0.15, 0.2) is 0 Å². The lowest BCUT2D eigenvalue weighted by molar-refractivity contribution is -0.135. The molecule has 64 valence electrons. The third kappa shape index (κ3) is 5.06. The van der Waals surface area contributed by atoms with E-state index < -0.39 is 11.9 Å². The molecule has 12 heavy (non-hydrogen) atoms. The van der Waals surface area contributed by atoms with Crippen LogP contribution in [0.5, 0.6) is 0 Å². The van der Waals surface area contributed by atoms with E-state index in [0.717, 1.165) is 12.2 Å². The van der Waals surface area contributed by atoms with Crippen LogP contribution < -0.4 is 5.32 Å². The average Bonchev–Trinajstić information content (AvgIpc) is 2.10. The minimum atomic E-state index is -0.578. The molecular formula is C8H9NO3. The van der Waals surface area contributed by atoms with Crippen molar-refractivity contribution in [2.75, 3.05) is 13.7 Å². The first kappa shape index (κ1) is 10.2. The third-order valence-corrected chi connectivity index (χ3v) is 0.937. The Morgan fingerprint density at radius 2 is 2.25 bits per heavy atom. The molecule has 0 aliphatic carbocycles. The van der Waals surface area contributed by atoms with Crippen LogP contribution in [-0.2, 0) is 14.3 Å². The largest absolute Gasteiger partial charge is 0.466 e. The van der Waals surface area contributed by atoms with E-state index in [-0.39, 0.29) is 6.54 Å². The molecule has 0 heterocycles. The maximum absolute atomic E-state index is 10.7. The second-order valence-corrected chi connectivity index (χ2v) is 1.78. The molecule has 0 radical (unpaired) electrons. The molecule has 0 aromatic rings. The zero-order valence-corrected chi connectivity index (χ0v) is 6.66. The highest BCUT2D eigenvalue weighted by Gasteiger charge is 1.94. The molecular weight excluding hydrogens is 158 g/mol. The second kappa shape index (κ2) is 5.98. The predicted molar refractivity (Wildman–Crippen MR) is 43.0 cm³/mol. The van der Waals surface area contributed by atoms with Gasteiger partial charge in [0, 0.05) is 12.2 Å². The summed E-state index contributed by atoms with van der Waals surface area (Å²) in [7, 11) is 1.23. The fourth-order valence-corrected chi connectivity index (χ4v) is 0.409. The average molecular weight is 167 g/mol. The van der Waals surface area contributed by atoms with Crippen LogP contribution in [0.25, 0.3) is 0 Å². The fraction of sp³-hybridized carbons (Fsp3) is 0.250. The number of carbonyl (C=O) groups excluding carboxylic acids is 2. The third-order valence-electron chi connectivity index (χ3n) is 0.937. The van der Waals surface area contributed by atoms with E-state index in [9.17, 15) is 9.59 Å². The SMILES string of the molecule is C#CCNC(=O)C=CC(=O)OC. The lowest BCUT2D eigenvalue weighted by Gasteiger charge is -1.93. The summed E-state index contributed by atoms with van der Waals surface area (Å²) in [5.41, 5.74) is 0. The van der Waals surface area contributed by atoms with Gasteiger partial charge >= 0.3 is 5.97 Å². The van der Waals surface area contributed by atoms with Gasteiger partial charge in [-0.05, 0) is 0 Å². The van der Waals surface area contributed by atoms with Crippen molar-refractivity contribution in [2.24, 2.45) is 0 Å². The van der Waals surface area contributed by atoms with Gasteiger partial charge < -0.3 is 10.1 Å². The molecule has 0 saturated carbocycles. The number of amides is 1. The highest BCUT2D eigenvalue weighted by molar-refractivity contribution is 5.94. The molecule has 4 nitrogen and oxygen atoms in total. The lowest BCUT2D eigenvalue weighted by Crippen LogP contribution is -2.21. The van der Waals surface area contributed by atoms with Crippen LogP contribution in [0.15, 0.2) is 12.2 Å². The van der Waals surface area contributed by atoms with E-state index in [1.807, 2.05) is 0 Å². The van der Waals surface area contributed by atoms with Gasteiger partial charge in [-0.2, -0.15) is 0 Å². The Hall–Kier alpha value is -1.76. The Balaban J connectivity index is 3.77. The van der Waals surface area contributed by atoms with Crippen LogP contribution in [0, 0.1) is 12.3 Å². The van der Waals surface area contributed by atoms with Crippen molar-refractivity contribution in [2.45, 2.75) is 0 Å². The Morgan fingerprint density at radius 3 is 2.75 bits per heavy atom. The summed E-state index contributed by atoms with van der Waals surface area (Å²) >= 11 is 0. The fourth-order valence-electron chi connectivity index (χ4n) is 0.409. The minimum absolute atomic E-state index is 0.143. The van der Waals surface area contributed by atoms with Crippen molar-refractivity contribution in [3.63, 3.8) is 0 Å². The molecule has 1 amide bonds. The van der Waals surface area contributed by atoms with Crippen molar-refractivity contribution < 1.29 is 14.3 Å². The molecule has 0 aromatic heterocycles. The van der Waals surface area contributed by atoms with E-state index >= 15 is 0 Å². The lowest BCUT2D eigenvalue weighted by atomic mass is 10.4. The molecule has 0 saturated heterocycles. The van der Waals surface area contributed by atoms with E-state index in [0.29, 0.717) is 0 Å². The van der Waals surface area contributed by atoms with E-state index in [4.69, 9.17) is 6.42 Å². The van der Waals surface area contributed by atoms with Crippen molar-refractivity contribution in [1.29, 1.82) is 0 Å². The molecule has 1 N–H and O–H groups in total. The summed E-state index contributed by atoms with van der Waals surface area (Å²) in [5, 5.41) is 2.34. The quantitative estimate of drug-likeness (QED) is 0.349. The van der Waals surface area contributed by atoms with E-state index in [1.54, 1.807) is 0 Å². The zero-order valence-electron chi connectivity index (χ0n) is 6.66. The van der Waals surface area contributed by atoms with Crippen molar-refractivity contribution in [3.05, 3.63) is 12.2 Å². The summed E-state index contributed by atoms with van der Waals surface area (Å²) in [4.78, 5) is 21.2. The Bertz CT molecular complexity index is 237. The van der Waals surface area contributed by atoms with Crippen LogP contribution in [0.1, 0.15) is 0 Å². The minimum Gasteiger partial charge on any atom is -0.466 e. The number of hydrogen-bond acceptors (Lipinski definition) is 3. The number of carbonyl (C=O) groups is 2. The van der Waals surface area contributed by atoms with Crippen molar-refractivity contribution in [3.8, 4) is 12.3 Å². The standard InChI is InChI=1S/C8H9NO3/c1-3-6-9-7(10)4-5-8(11)12-2/h1,4-5H,6H2,2H3,(H,9,10). The normalized spacial score (nSPS) is 9.00. The summed E-state index contributed by atoms with van der Waals surface area (Å²) in [6.07, 6.45) is 6.96. The smallest absolute Gasteiger partial charge is 0.330 e. The van der Waals surface area contributed by atoms with Crippen LogP contribution in [0.4, 0.5) is 0 Å². The van der Waals surface area contributed by atoms with Gasteiger partial charge in [0.1, 0.15) is 0 Å². The molecule has 0 fully saturated rings. The Kier molecular flexibility index (Phi) is 5.11. The first-order valence-electron chi connectivity index (χ1n) is 3.18. The van der Waals surface area contributed by atoms with Gasteiger partial charge in [0.25, 0.3) is 0 Å². The molecule has 0 rings (SSSR count). The number of nitrogens with one attached hydrogen (secondary N) is 1. The molecule has 4 heteroatoms. The maximum Gasteiger partial charge on any atom is 0.330 e. The Labute approximate surface area is 70.6 Å². The molecule has 0 aliphatic rings. The van der Waals surface area contributed by atoms with Crippen LogP contribution in [-0.4, -0.2) is 25.5 Å². The number of methoxy groups -OCH3 is 1. The Morgan fingerprint density at radius 1 is 1.58 bits per heavy atom. The molecule has 0 aromatic carbocycles. The topological polar surface area (TPSA) is 55.4 Å². The number of rotatable bonds is 3. The second-order valence-electron chi connectivity index (χ2n) is 1.78. The number of ether oxygens (including phenoxy) is 1. The monoisotopic (exact) mass is 167 g/mol. The summed E-state index contributed by atoms with van der Waals surface area (Å²) in [6, 6.07) is 0. The van der Waals surface area contributed by atoms with Gasteiger partial charge in [0.2, 0.25) is 5.91 Å². The van der Waals surface area contributed by atoms with Crippen LogP contribution in [0.3, 0.4) is 0 Å². The predicted octanol–water partition coefficient (Wildman–Crippen LogP) is -0.535. The van der Waals surface area contributed by atoms with Gasteiger partial charge in [-0.3, -0.25) is 4.79 Å². The summed E-state index contributed by atoms with van der Waals surface area (Å²) in [6.45, 7) is 0.143. The van der Waals surface area contributed by atoms with E-state index in [1.165, 1.54) is 7.11 Å². The summed E-state index contributed by atoms with van der Waals surface area (Å²) in [5.74, 6) is 1.22. The first-order chi connectivity index (χ1) is 5.70. The van der Waals surface area contributed by atoms with Crippen LogP contribution in [0.2, 0.25) is 0 Å². The number of hydrogen-bond donors (Lipinski definition) is 1. The highest BCUT2D eigenvalue weighted by atomic mass is 16.5. The highest BCUT2D eigenvalue weighted by Crippen LogP contribution is 1.77. The van der Waals surface area contributed by atoms with Crippen molar-refractivity contribution >= 4 is 11.9 Å². The van der Waals surface area contributed by atoms with Crippen molar-refractivity contribution in [1.82, 2.24) is 5.32 Å². The molecule has 0 unspecified atom stereocenters. The zero-order chi connectivity index (χ0) is 9.40. The maximum atomic E-state index is 10.7. The van der Waals surface area contributed by atoms with E-state index in [2.05, 4.69) is 16.0 Å². The molecule has 0 aliphatic heterocycles. The molecule has 0 spiro atoms. The van der Waals surface area contributed by atoms with Gasteiger partial charge in [-0.25, -0.2) is 4.79 Å². The summed E-state index contributed by atoms with van der Waals surface area (Å²) < 4.78 is 4.26. The first-order valence-corrected chi connectivity index (χ1v) is 3.18. The van der Waals surface area contributed by atoms with Crippen LogP contribution >= 0.6 is 0 Å². The van der Waals surface area contributed by atoms with Gasteiger partial charge in [-0.15, -0.1) is 6.42 Å². The van der Waals surface area contributed by atoms with Gasteiger partial charge in [-0.1, -0.05) is 5.92 Å². The number of esters is 1. The molecule has 0 bridgehead atoms. The molecule has 0 atom stereocenters.